The summed E-state index contributed by atoms with van der Waals surface area (Å²) in [5.41, 5.74) is -0.142. The Morgan fingerprint density at radius 3 is 2.44 bits per heavy atom. The van der Waals surface area contributed by atoms with Gasteiger partial charge in [-0.25, -0.2) is 13.8 Å². The summed E-state index contributed by atoms with van der Waals surface area (Å²) in [5, 5.41) is 0.548. The molecule has 0 saturated heterocycles. The lowest BCUT2D eigenvalue weighted by Crippen LogP contribution is -2.22. The van der Waals surface area contributed by atoms with Crippen LogP contribution < -0.4 is 5.49 Å². The molecular weight excluding hydrogens is 427 g/mol. The average Bonchev–Trinajstić information content (AvgIpc) is 3.53. The van der Waals surface area contributed by atoms with E-state index in [1.807, 2.05) is 0 Å². The molecular formula is C23H23F5N4. The zero-order valence-corrected chi connectivity index (χ0v) is 18.1. The molecule has 32 heavy (non-hydrogen) atoms. The van der Waals surface area contributed by atoms with Crippen molar-refractivity contribution in [3.05, 3.63) is 64.2 Å². The van der Waals surface area contributed by atoms with Crippen LogP contribution in [0.15, 0.2) is 35.5 Å². The highest BCUT2D eigenvalue weighted by molar-refractivity contribution is 5.78. The van der Waals surface area contributed by atoms with Gasteiger partial charge < -0.3 is 4.57 Å². The normalized spacial score (nSPS) is 17.2. The number of hydrogen-bond donors (Lipinski definition) is 0. The Bertz CT molecular complexity index is 1260. The lowest BCUT2D eigenvalue weighted by atomic mass is 9.97. The molecule has 9 heteroatoms. The van der Waals surface area contributed by atoms with Crippen molar-refractivity contribution >= 4 is 10.9 Å². The van der Waals surface area contributed by atoms with E-state index in [-0.39, 0.29) is 5.56 Å². The molecule has 2 aromatic heterocycles. The Labute approximate surface area is 181 Å². The van der Waals surface area contributed by atoms with Crippen molar-refractivity contribution in [1.82, 2.24) is 14.5 Å². The predicted molar refractivity (Wildman–Crippen MR) is 110 cm³/mol. The van der Waals surface area contributed by atoms with Gasteiger partial charge in [0.15, 0.2) is 5.49 Å². The molecule has 0 radical (unpaired) electrons. The number of benzene rings is 1. The smallest absolute Gasteiger partial charge is 0.331 e. The van der Waals surface area contributed by atoms with Crippen LogP contribution in [-0.4, -0.2) is 21.0 Å². The largest absolute Gasteiger partial charge is 0.416 e. The first kappa shape index (κ1) is 22.4. The van der Waals surface area contributed by atoms with Crippen molar-refractivity contribution < 1.29 is 22.0 Å². The third-order valence-electron chi connectivity index (χ3n) is 6.40. The van der Waals surface area contributed by atoms with Gasteiger partial charge in [0.1, 0.15) is 5.82 Å². The van der Waals surface area contributed by atoms with Crippen LogP contribution in [0.25, 0.3) is 10.9 Å². The molecule has 0 amide bonds. The van der Waals surface area contributed by atoms with E-state index < -0.39 is 29.6 Å². The molecule has 1 fully saturated rings. The third-order valence-corrected chi connectivity index (χ3v) is 6.40. The molecule has 1 unspecified atom stereocenters. The van der Waals surface area contributed by atoms with Gasteiger partial charge in [0.05, 0.1) is 34.4 Å². The summed E-state index contributed by atoms with van der Waals surface area (Å²) in [7, 11) is 1.79. The Morgan fingerprint density at radius 2 is 1.84 bits per heavy atom. The molecule has 0 bridgehead atoms. The molecule has 4 nitrogen and oxygen atoms in total. The van der Waals surface area contributed by atoms with E-state index in [1.54, 1.807) is 43.8 Å². The van der Waals surface area contributed by atoms with Crippen molar-refractivity contribution in [2.24, 2.45) is 12.0 Å². The first-order chi connectivity index (χ1) is 15.0. The average molecular weight is 450 g/mol. The summed E-state index contributed by atoms with van der Waals surface area (Å²) < 4.78 is 69.1. The first-order valence-electron chi connectivity index (χ1n) is 10.3. The number of halogens is 5. The van der Waals surface area contributed by atoms with E-state index in [2.05, 4.69) is 15.0 Å². The highest BCUT2D eigenvalue weighted by Crippen LogP contribution is 2.52. The Hall–Kier alpha value is -2.84. The van der Waals surface area contributed by atoms with Crippen LogP contribution in [0, 0.1) is 13.8 Å². The Morgan fingerprint density at radius 1 is 1.16 bits per heavy atom. The fraction of sp³-hybridized carbons (Fsp3) is 0.435. The molecule has 3 aromatic rings. The minimum atomic E-state index is -4.46. The minimum absolute atomic E-state index is 0.107. The van der Waals surface area contributed by atoms with Crippen LogP contribution in [0.3, 0.4) is 0 Å². The maximum atomic E-state index is 13.6. The van der Waals surface area contributed by atoms with Crippen molar-refractivity contribution in [3.8, 4) is 0 Å². The molecule has 4 rings (SSSR count). The second kappa shape index (κ2) is 7.64. The maximum Gasteiger partial charge on any atom is 0.416 e. The summed E-state index contributed by atoms with van der Waals surface area (Å²) in [4.78, 5) is 13.4. The number of fused-ring (bicyclic) bond motifs is 1. The highest BCUT2D eigenvalue weighted by atomic mass is 19.4. The number of alkyl halides is 5. The number of nitrogens with zero attached hydrogens (tertiary/aromatic N) is 4. The number of hydrogen-bond acceptors (Lipinski definition) is 3. The van der Waals surface area contributed by atoms with E-state index in [1.165, 1.54) is 13.0 Å². The van der Waals surface area contributed by atoms with E-state index in [9.17, 15) is 22.0 Å². The van der Waals surface area contributed by atoms with Crippen molar-refractivity contribution in [1.29, 1.82) is 0 Å². The number of aromatic nitrogens is 3. The molecule has 0 N–H and O–H groups in total. The third kappa shape index (κ3) is 3.67. The Kier molecular flexibility index (Phi) is 5.33. The van der Waals surface area contributed by atoms with Gasteiger partial charge >= 0.3 is 6.18 Å². The molecule has 0 aliphatic heterocycles. The molecule has 1 aliphatic carbocycles. The standard InChI is InChI=1S/C23H23F5N4/c1-12-15(6-5-7-17(12)23(26,27)28)13(2)30-20-16-10-19(22(8-9-22)21(24)25)29-11-18(16)32(4)14(3)31-20/h5-7,10-11,13,21H,8-9H2,1-4H3/b30-20-. The molecule has 170 valence electrons. The van der Waals surface area contributed by atoms with Crippen LogP contribution in [-0.2, 0) is 18.6 Å². The van der Waals surface area contributed by atoms with Gasteiger partial charge in [0.25, 0.3) is 0 Å². The van der Waals surface area contributed by atoms with Crippen molar-refractivity contribution in [2.75, 3.05) is 0 Å². The summed E-state index contributed by atoms with van der Waals surface area (Å²) >= 11 is 0. The van der Waals surface area contributed by atoms with Crippen LogP contribution in [0.2, 0.25) is 0 Å². The van der Waals surface area contributed by atoms with Gasteiger partial charge in [-0.15, -0.1) is 0 Å². The number of rotatable bonds is 4. The van der Waals surface area contributed by atoms with Gasteiger partial charge in [-0.05, 0) is 56.9 Å². The topological polar surface area (TPSA) is 43.1 Å². The van der Waals surface area contributed by atoms with Crippen LogP contribution >= 0.6 is 0 Å². The molecule has 1 atom stereocenters. The zero-order chi connectivity index (χ0) is 23.4. The monoisotopic (exact) mass is 450 g/mol. The van der Waals surface area contributed by atoms with Crippen molar-refractivity contribution in [3.63, 3.8) is 0 Å². The van der Waals surface area contributed by atoms with Gasteiger partial charge in [-0.1, -0.05) is 12.1 Å². The number of aryl methyl sites for hydroxylation is 2. The molecule has 2 heterocycles. The quantitative estimate of drug-likeness (QED) is 0.489. The van der Waals surface area contributed by atoms with Gasteiger partial charge in [-0.2, -0.15) is 13.2 Å². The highest BCUT2D eigenvalue weighted by Gasteiger charge is 2.53. The van der Waals surface area contributed by atoms with Crippen LogP contribution in [0.1, 0.15) is 54.0 Å². The maximum absolute atomic E-state index is 13.6. The molecule has 1 aliphatic rings. The number of pyridine rings is 1. The molecule has 1 saturated carbocycles. The van der Waals surface area contributed by atoms with E-state index >= 15 is 0 Å². The van der Waals surface area contributed by atoms with Gasteiger partial charge in [0.2, 0.25) is 6.43 Å². The Balaban J connectivity index is 1.90. The summed E-state index contributed by atoms with van der Waals surface area (Å²) in [6.07, 6.45) is -4.72. The SMILES string of the molecule is Cc1c(C(C)/N=c2\nc(C)n(C)c3cnc(C4(C(F)F)CC4)cc23)cccc1C(F)(F)F. The minimum Gasteiger partial charge on any atom is -0.331 e. The fourth-order valence-electron chi connectivity index (χ4n) is 4.12. The summed E-state index contributed by atoms with van der Waals surface area (Å²) in [5.74, 6) is 0.619. The van der Waals surface area contributed by atoms with Crippen molar-refractivity contribution in [2.45, 2.75) is 57.7 Å². The second-order valence-corrected chi connectivity index (χ2v) is 8.41. The van der Waals surface area contributed by atoms with E-state index in [4.69, 9.17) is 0 Å². The van der Waals surface area contributed by atoms with Crippen LogP contribution in [0.4, 0.5) is 22.0 Å². The van der Waals surface area contributed by atoms with E-state index in [0.717, 1.165) is 6.07 Å². The van der Waals surface area contributed by atoms with Crippen LogP contribution in [0.5, 0.6) is 0 Å². The lowest BCUT2D eigenvalue weighted by molar-refractivity contribution is -0.138. The zero-order valence-electron chi connectivity index (χ0n) is 18.1. The summed E-state index contributed by atoms with van der Waals surface area (Å²) in [6, 6.07) is 5.00. The molecule has 1 aromatic carbocycles. The second-order valence-electron chi connectivity index (χ2n) is 8.41. The summed E-state index contributed by atoms with van der Waals surface area (Å²) in [6.45, 7) is 4.89. The first-order valence-corrected chi connectivity index (χ1v) is 10.3. The molecule has 0 spiro atoms. The van der Waals surface area contributed by atoms with Gasteiger partial charge in [-0.3, -0.25) is 9.98 Å². The predicted octanol–water partition coefficient (Wildman–Crippen LogP) is 5.56. The van der Waals surface area contributed by atoms with E-state index in [0.29, 0.717) is 46.3 Å². The fourth-order valence-corrected chi connectivity index (χ4v) is 4.12. The van der Waals surface area contributed by atoms with Gasteiger partial charge in [0, 0.05) is 12.4 Å². The lowest BCUT2D eigenvalue weighted by Gasteiger charge is -2.17.